The lowest BCUT2D eigenvalue weighted by Crippen LogP contribution is -2.17. The van der Waals surface area contributed by atoms with E-state index >= 15 is 0 Å². The van der Waals surface area contributed by atoms with E-state index in [1.54, 1.807) is 29.7 Å². The molecule has 5 heteroatoms. The molecule has 0 saturated carbocycles. The van der Waals surface area contributed by atoms with Crippen molar-refractivity contribution < 1.29 is 5.11 Å². The van der Waals surface area contributed by atoms with E-state index in [4.69, 9.17) is 0 Å². The summed E-state index contributed by atoms with van der Waals surface area (Å²) in [5.74, 6) is 0. The first-order valence-corrected chi connectivity index (χ1v) is 6.41. The zero-order valence-corrected chi connectivity index (χ0v) is 10.3. The molecule has 3 rings (SSSR count). The van der Waals surface area contributed by atoms with Gasteiger partial charge < -0.3 is 5.11 Å². The monoisotopic (exact) mass is 247 g/mol. The number of aliphatic hydroxyl groups is 1. The first kappa shape index (κ1) is 10.8. The third-order valence-electron chi connectivity index (χ3n) is 3.08. The molecule has 0 amide bonds. The Balaban J connectivity index is 1.83. The van der Waals surface area contributed by atoms with Crippen LogP contribution >= 0.6 is 11.8 Å². The molecule has 1 aliphatic heterocycles. The van der Waals surface area contributed by atoms with Gasteiger partial charge in [-0.2, -0.15) is 0 Å². The fourth-order valence-electron chi connectivity index (χ4n) is 2.14. The summed E-state index contributed by atoms with van der Waals surface area (Å²) in [6.45, 7) is 0. The number of aromatic nitrogens is 3. The fourth-order valence-corrected chi connectivity index (χ4v) is 3.46. The van der Waals surface area contributed by atoms with E-state index in [2.05, 4.69) is 22.4 Å². The van der Waals surface area contributed by atoms with Gasteiger partial charge in [0.15, 0.2) is 0 Å². The number of nitrogens with zero attached hydrogens (tertiary/aromatic N) is 3. The van der Waals surface area contributed by atoms with Crippen molar-refractivity contribution >= 4 is 11.8 Å². The molecule has 88 valence electrons. The van der Waals surface area contributed by atoms with Crippen LogP contribution in [0, 0.1) is 0 Å². The van der Waals surface area contributed by atoms with Crippen LogP contribution in [-0.4, -0.2) is 25.4 Å². The third kappa shape index (κ3) is 1.85. The molecular formula is C12H13N3OS. The molecule has 2 unspecified atom stereocenters. The number of thioether (sulfide) groups is 1. The Morgan fingerprint density at radius 3 is 3.00 bits per heavy atom. The summed E-state index contributed by atoms with van der Waals surface area (Å²) in [5.41, 5.74) is 2.09. The number of fused-ring (bicyclic) bond motifs is 1. The molecule has 1 aromatic carbocycles. The number of aliphatic hydroxyl groups excluding tert-OH is 1. The van der Waals surface area contributed by atoms with Gasteiger partial charge in [0.25, 0.3) is 0 Å². The fraction of sp³-hybridized carbons (Fsp3) is 0.333. The molecule has 0 radical (unpaired) electrons. The van der Waals surface area contributed by atoms with Crippen LogP contribution in [0.4, 0.5) is 0 Å². The van der Waals surface area contributed by atoms with Gasteiger partial charge >= 0.3 is 0 Å². The summed E-state index contributed by atoms with van der Waals surface area (Å²) in [5, 5.41) is 18.2. The molecule has 4 nitrogen and oxygen atoms in total. The zero-order valence-electron chi connectivity index (χ0n) is 9.45. The molecule has 17 heavy (non-hydrogen) atoms. The smallest absolute Gasteiger partial charge is 0.110 e. The Kier molecular flexibility index (Phi) is 2.64. The number of hydrogen-bond donors (Lipinski definition) is 1. The lowest BCUT2D eigenvalue weighted by atomic mass is 10.1. The molecule has 1 aliphatic rings. The van der Waals surface area contributed by atoms with Gasteiger partial charge in [-0.15, -0.1) is 16.9 Å². The summed E-state index contributed by atoms with van der Waals surface area (Å²) in [6, 6.07) is 8.30. The number of rotatable bonds is 2. The molecule has 2 atom stereocenters. The van der Waals surface area contributed by atoms with Crippen molar-refractivity contribution in [1.82, 2.24) is 15.0 Å². The highest BCUT2D eigenvalue weighted by atomic mass is 32.2. The van der Waals surface area contributed by atoms with Gasteiger partial charge in [-0.05, 0) is 18.1 Å². The molecule has 0 spiro atoms. The summed E-state index contributed by atoms with van der Waals surface area (Å²) in [7, 11) is 1.80. The number of hydrogen-bond acceptors (Lipinski definition) is 4. The van der Waals surface area contributed by atoms with Crippen LogP contribution in [0.3, 0.4) is 0 Å². The predicted octanol–water partition coefficient (Wildman–Crippen LogP) is 1.57. The van der Waals surface area contributed by atoms with Crippen LogP contribution in [0.15, 0.2) is 35.4 Å². The normalized spacial score (nSPS) is 20.2. The molecule has 2 heterocycles. The largest absolute Gasteiger partial charge is 0.386 e. The summed E-state index contributed by atoms with van der Waals surface area (Å²) >= 11 is 1.73. The highest BCUT2D eigenvalue weighted by Gasteiger charge is 2.30. The molecular weight excluding hydrogens is 234 g/mol. The van der Waals surface area contributed by atoms with E-state index in [0.717, 1.165) is 12.1 Å². The van der Waals surface area contributed by atoms with Gasteiger partial charge in [-0.3, -0.25) is 0 Å². The highest BCUT2D eigenvalue weighted by molar-refractivity contribution is 8.00. The molecule has 0 fully saturated rings. The SMILES string of the molecule is Cn1nncc1C(O)C1Cc2ccccc2S1. The Hall–Kier alpha value is -1.33. The van der Waals surface area contributed by atoms with E-state index in [1.165, 1.54) is 10.5 Å². The van der Waals surface area contributed by atoms with E-state index < -0.39 is 6.10 Å². The van der Waals surface area contributed by atoms with Crippen molar-refractivity contribution in [3.05, 3.63) is 41.7 Å². The van der Waals surface area contributed by atoms with E-state index in [9.17, 15) is 5.11 Å². The van der Waals surface area contributed by atoms with Crippen molar-refractivity contribution in [3.63, 3.8) is 0 Å². The summed E-state index contributed by atoms with van der Waals surface area (Å²) in [4.78, 5) is 1.27. The van der Waals surface area contributed by atoms with Crippen molar-refractivity contribution in [2.75, 3.05) is 0 Å². The van der Waals surface area contributed by atoms with Crippen LogP contribution in [0.5, 0.6) is 0 Å². The molecule has 0 aliphatic carbocycles. The first-order chi connectivity index (χ1) is 8.25. The summed E-state index contributed by atoms with van der Waals surface area (Å²) < 4.78 is 1.63. The average molecular weight is 247 g/mol. The van der Waals surface area contributed by atoms with Crippen LogP contribution in [0.1, 0.15) is 17.4 Å². The molecule has 1 aromatic heterocycles. The Morgan fingerprint density at radius 2 is 2.29 bits per heavy atom. The molecule has 1 N–H and O–H groups in total. The van der Waals surface area contributed by atoms with Gasteiger partial charge in [0.1, 0.15) is 6.10 Å². The Bertz CT molecular complexity index is 515. The van der Waals surface area contributed by atoms with Crippen LogP contribution in [0.2, 0.25) is 0 Å². The lowest BCUT2D eigenvalue weighted by molar-refractivity contribution is 0.165. The molecule has 2 aromatic rings. The predicted molar refractivity (Wildman–Crippen MR) is 65.8 cm³/mol. The molecule has 0 bridgehead atoms. The van der Waals surface area contributed by atoms with Gasteiger partial charge in [0.2, 0.25) is 0 Å². The van der Waals surface area contributed by atoms with Gasteiger partial charge in [0, 0.05) is 17.2 Å². The van der Waals surface area contributed by atoms with Crippen molar-refractivity contribution in [3.8, 4) is 0 Å². The van der Waals surface area contributed by atoms with Crippen LogP contribution < -0.4 is 0 Å². The average Bonchev–Trinajstić information content (AvgIpc) is 2.93. The lowest BCUT2D eigenvalue weighted by Gasteiger charge is -2.16. The van der Waals surface area contributed by atoms with E-state index in [0.29, 0.717) is 0 Å². The minimum absolute atomic E-state index is 0.157. The second kappa shape index (κ2) is 4.16. The van der Waals surface area contributed by atoms with Crippen LogP contribution in [0.25, 0.3) is 0 Å². The van der Waals surface area contributed by atoms with E-state index in [-0.39, 0.29) is 5.25 Å². The van der Waals surface area contributed by atoms with Gasteiger partial charge in [0.05, 0.1) is 11.9 Å². The minimum atomic E-state index is -0.521. The van der Waals surface area contributed by atoms with Crippen LogP contribution in [-0.2, 0) is 13.5 Å². The van der Waals surface area contributed by atoms with Crippen molar-refractivity contribution in [1.29, 1.82) is 0 Å². The van der Waals surface area contributed by atoms with Crippen molar-refractivity contribution in [2.24, 2.45) is 7.05 Å². The minimum Gasteiger partial charge on any atom is -0.386 e. The summed E-state index contributed by atoms with van der Waals surface area (Å²) in [6.07, 6.45) is 2.01. The van der Waals surface area contributed by atoms with Gasteiger partial charge in [-0.25, -0.2) is 4.68 Å². The Labute approximate surface area is 104 Å². The molecule has 0 saturated heterocycles. The number of benzene rings is 1. The highest BCUT2D eigenvalue weighted by Crippen LogP contribution is 2.42. The third-order valence-corrected chi connectivity index (χ3v) is 4.46. The first-order valence-electron chi connectivity index (χ1n) is 5.53. The maximum atomic E-state index is 10.3. The van der Waals surface area contributed by atoms with E-state index in [1.807, 2.05) is 12.1 Å². The maximum absolute atomic E-state index is 10.3. The topological polar surface area (TPSA) is 50.9 Å². The van der Waals surface area contributed by atoms with Crippen molar-refractivity contribution in [2.45, 2.75) is 22.7 Å². The maximum Gasteiger partial charge on any atom is 0.110 e. The quantitative estimate of drug-likeness (QED) is 0.875. The number of aryl methyl sites for hydroxylation is 1. The zero-order chi connectivity index (χ0) is 11.8. The van der Waals surface area contributed by atoms with Gasteiger partial charge in [-0.1, -0.05) is 23.4 Å². The second-order valence-electron chi connectivity index (χ2n) is 4.20. The second-order valence-corrected chi connectivity index (χ2v) is 5.48. The standard InChI is InChI=1S/C12H13N3OS/c1-15-9(7-13-14-15)12(16)11-6-8-4-2-3-5-10(8)17-11/h2-5,7,11-12,16H,6H2,1H3. The Morgan fingerprint density at radius 1 is 1.47 bits per heavy atom.